The molecule has 1 amide bonds. The van der Waals surface area contributed by atoms with Crippen LogP contribution in [-0.2, 0) is 9.53 Å². The topological polar surface area (TPSA) is 68.2 Å². The Morgan fingerprint density at radius 1 is 1.23 bits per heavy atom. The second-order valence-electron chi connectivity index (χ2n) is 5.68. The number of hydrogen-bond donors (Lipinski definition) is 0. The van der Waals surface area contributed by atoms with Crippen molar-refractivity contribution in [3.05, 3.63) is 36.4 Å². The maximum atomic E-state index is 13.1. The molecule has 26 heavy (non-hydrogen) atoms. The lowest BCUT2D eigenvalue weighted by Crippen LogP contribution is -2.41. The van der Waals surface area contributed by atoms with Crippen molar-refractivity contribution in [3.63, 3.8) is 0 Å². The molecule has 9 heteroatoms. The van der Waals surface area contributed by atoms with Crippen molar-refractivity contribution in [2.45, 2.75) is 5.03 Å². The van der Waals surface area contributed by atoms with Crippen molar-refractivity contribution in [2.24, 2.45) is 0 Å². The van der Waals surface area contributed by atoms with Crippen LogP contribution in [0.5, 0.6) is 0 Å². The quantitative estimate of drug-likeness (QED) is 0.504. The lowest BCUT2D eigenvalue weighted by molar-refractivity contribution is -0.132. The zero-order chi connectivity index (χ0) is 17.9. The zero-order valence-corrected chi connectivity index (χ0v) is 15.4. The van der Waals surface area contributed by atoms with Gasteiger partial charge in [0, 0.05) is 18.7 Å². The van der Waals surface area contributed by atoms with Gasteiger partial charge in [0.25, 0.3) is 0 Å². The highest BCUT2D eigenvalue weighted by Crippen LogP contribution is 2.34. The van der Waals surface area contributed by atoms with Gasteiger partial charge in [-0.25, -0.2) is 14.4 Å². The number of rotatable bonds is 4. The molecule has 0 radical (unpaired) electrons. The Morgan fingerprint density at radius 3 is 2.77 bits per heavy atom. The minimum absolute atomic E-state index is 0.0772. The Balaban J connectivity index is 1.55. The number of carbonyl (C=O) groups is 1. The number of aromatic nitrogens is 3. The molecule has 6 nitrogen and oxygen atoms in total. The van der Waals surface area contributed by atoms with Crippen LogP contribution in [0.2, 0.25) is 0 Å². The number of carbonyl (C=O) groups excluding carboxylic acids is 1. The number of ether oxygens (including phenoxy) is 1. The summed E-state index contributed by atoms with van der Waals surface area (Å²) >= 11 is 2.68. The van der Waals surface area contributed by atoms with Gasteiger partial charge in [0.1, 0.15) is 33.1 Å². The summed E-state index contributed by atoms with van der Waals surface area (Å²) < 4.78 is 23.7. The molecular formula is C17H15FN4O2S2. The molecule has 1 aromatic carbocycles. The third-order valence-electron chi connectivity index (χ3n) is 4.04. The van der Waals surface area contributed by atoms with E-state index in [1.54, 1.807) is 12.1 Å². The fourth-order valence-electron chi connectivity index (χ4n) is 2.68. The van der Waals surface area contributed by atoms with E-state index in [1.807, 2.05) is 4.90 Å². The first-order valence-electron chi connectivity index (χ1n) is 8.07. The van der Waals surface area contributed by atoms with Crippen molar-refractivity contribution in [2.75, 3.05) is 32.1 Å². The lowest BCUT2D eigenvalue weighted by Gasteiger charge is -2.26. The summed E-state index contributed by atoms with van der Waals surface area (Å²) in [6.45, 7) is 2.44. The molecule has 3 heterocycles. The summed E-state index contributed by atoms with van der Waals surface area (Å²) in [4.78, 5) is 22.8. The van der Waals surface area contributed by atoms with E-state index in [0.29, 0.717) is 37.8 Å². The smallest absolute Gasteiger partial charge is 0.233 e. The van der Waals surface area contributed by atoms with Gasteiger partial charge in [-0.15, -0.1) is 0 Å². The minimum Gasteiger partial charge on any atom is -0.378 e. The summed E-state index contributed by atoms with van der Waals surface area (Å²) in [6, 6.07) is 6.16. The largest absolute Gasteiger partial charge is 0.378 e. The number of nitrogens with zero attached hydrogens (tertiary/aromatic N) is 4. The van der Waals surface area contributed by atoms with Crippen LogP contribution < -0.4 is 0 Å². The molecule has 4 rings (SSSR count). The Hall–Kier alpha value is -2.10. The van der Waals surface area contributed by atoms with Gasteiger partial charge in [-0.2, -0.15) is 4.37 Å². The van der Waals surface area contributed by atoms with Crippen molar-refractivity contribution in [3.8, 4) is 11.3 Å². The second-order valence-corrected chi connectivity index (χ2v) is 7.41. The van der Waals surface area contributed by atoms with Gasteiger partial charge in [-0.05, 0) is 35.8 Å². The summed E-state index contributed by atoms with van der Waals surface area (Å²) in [5, 5.41) is 0.738. The molecule has 0 bridgehead atoms. The lowest BCUT2D eigenvalue weighted by atomic mass is 10.1. The first-order valence-corrected chi connectivity index (χ1v) is 9.83. The first kappa shape index (κ1) is 17.3. The summed E-state index contributed by atoms with van der Waals surface area (Å²) in [5.74, 6) is 0.102. The van der Waals surface area contributed by atoms with Gasteiger partial charge in [-0.3, -0.25) is 4.79 Å². The normalized spacial score (nSPS) is 14.7. The van der Waals surface area contributed by atoms with E-state index >= 15 is 0 Å². The molecule has 0 atom stereocenters. The number of halogens is 1. The van der Waals surface area contributed by atoms with Crippen molar-refractivity contribution >= 4 is 39.4 Å². The molecule has 1 aliphatic rings. The first-order chi connectivity index (χ1) is 12.7. The summed E-state index contributed by atoms with van der Waals surface area (Å²) in [5.41, 5.74) is 2.23. The molecule has 2 aromatic heterocycles. The predicted octanol–water partition coefficient (Wildman–Crippen LogP) is 2.84. The second kappa shape index (κ2) is 7.65. The van der Waals surface area contributed by atoms with Crippen LogP contribution >= 0.6 is 23.3 Å². The van der Waals surface area contributed by atoms with Crippen molar-refractivity contribution in [1.29, 1.82) is 0 Å². The van der Waals surface area contributed by atoms with Gasteiger partial charge in [-0.1, -0.05) is 11.8 Å². The van der Waals surface area contributed by atoms with Crippen LogP contribution in [0.4, 0.5) is 4.39 Å². The summed E-state index contributed by atoms with van der Waals surface area (Å²) in [7, 11) is 0. The Kier molecular flexibility index (Phi) is 5.09. The number of benzene rings is 1. The molecule has 0 unspecified atom stereocenters. The monoisotopic (exact) mass is 390 g/mol. The third kappa shape index (κ3) is 3.55. The number of thioether (sulfide) groups is 1. The number of amides is 1. The molecular weight excluding hydrogens is 375 g/mol. The van der Waals surface area contributed by atoms with Crippen molar-refractivity contribution in [1.82, 2.24) is 19.2 Å². The van der Waals surface area contributed by atoms with E-state index in [4.69, 9.17) is 4.74 Å². The van der Waals surface area contributed by atoms with Crippen LogP contribution in [0.25, 0.3) is 21.5 Å². The van der Waals surface area contributed by atoms with Gasteiger partial charge >= 0.3 is 0 Å². The van der Waals surface area contributed by atoms with Gasteiger partial charge in [0.2, 0.25) is 5.91 Å². The molecule has 0 aliphatic carbocycles. The molecule has 0 N–H and O–H groups in total. The molecule has 0 saturated carbocycles. The molecule has 1 fully saturated rings. The average Bonchev–Trinajstić information content (AvgIpc) is 3.12. The predicted molar refractivity (Wildman–Crippen MR) is 98.7 cm³/mol. The molecule has 1 saturated heterocycles. The van der Waals surface area contributed by atoms with E-state index in [0.717, 1.165) is 20.8 Å². The van der Waals surface area contributed by atoms with Crippen LogP contribution in [0.3, 0.4) is 0 Å². The zero-order valence-electron chi connectivity index (χ0n) is 13.7. The van der Waals surface area contributed by atoms with Gasteiger partial charge in [0.05, 0.1) is 19.0 Å². The van der Waals surface area contributed by atoms with Crippen LogP contribution in [0.15, 0.2) is 35.6 Å². The van der Waals surface area contributed by atoms with E-state index in [9.17, 15) is 9.18 Å². The molecule has 3 aromatic rings. The Morgan fingerprint density at radius 2 is 2.00 bits per heavy atom. The maximum absolute atomic E-state index is 13.1. The number of fused-ring (bicyclic) bond motifs is 1. The van der Waals surface area contributed by atoms with Gasteiger partial charge < -0.3 is 9.64 Å². The highest BCUT2D eigenvalue weighted by Gasteiger charge is 2.19. The number of hydrogen-bond acceptors (Lipinski definition) is 7. The van der Waals surface area contributed by atoms with E-state index in [1.165, 1.54) is 41.8 Å². The molecule has 0 spiro atoms. The van der Waals surface area contributed by atoms with E-state index < -0.39 is 0 Å². The summed E-state index contributed by atoms with van der Waals surface area (Å²) in [6.07, 6.45) is 1.48. The minimum atomic E-state index is -0.291. The molecule has 134 valence electrons. The van der Waals surface area contributed by atoms with Crippen LogP contribution in [0, 0.1) is 5.82 Å². The maximum Gasteiger partial charge on any atom is 0.233 e. The SMILES string of the molecule is O=C(CSc1ncnc2c(-c3ccc(F)cc3)nsc12)N1CCOCC1. The fourth-order valence-corrected chi connectivity index (χ4v) is 4.50. The fraction of sp³-hybridized carbons (Fsp3) is 0.294. The van der Waals surface area contributed by atoms with E-state index in [-0.39, 0.29) is 11.7 Å². The number of morpholine rings is 1. The van der Waals surface area contributed by atoms with Crippen molar-refractivity contribution < 1.29 is 13.9 Å². The third-order valence-corrected chi connectivity index (χ3v) is 5.98. The highest BCUT2D eigenvalue weighted by atomic mass is 32.2. The highest BCUT2D eigenvalue weighted by molar-refractivity contribution is 8.00. The molecule has 1 aliphatic heterocycles. The Bertz CT molecular complexity index is 926. The van der Waals surface area contributed by atoms with E-state index in [2.05, 4.69) is 14.3 Å². The van der Waals surface area contributed by atoms with Gasteiger partial charge in [0.15, 0.2) is 0 Å². The standard InChI is InChI=1S/C17H15FN4O2S2/c18-12-3-1-11(2-4-12)14-15-16(26-21-14)17(20-10-19-15)25-9-13(23)22-5-7-24-8-6-22/h1-4,10H,5-9H2. The van der Waals surface area contributed by atoms with Crippen LogP contribution in [-0.4, -0.2) is 57.2 Å². The van der Waals surface area contributed by atoms with Crippen LogP contribution in [0.1, 0.15) is 0 Å². The Labute approximate surface area is 157 Å². The average molecular weight is 390 g/mol.